The van der Waals surface area contributed by atoms with Crippen molar-refractivity contribution in [1.29, 1.82) is 0 Å². The minimum atomic E-state index is -0.285. The zero-order valence-corrected chi connectivity index (χ0v) is 12.4. The molecular formula is C14H16BrNO3. The van der Waals surface area contributed by atoms with Crippen LogP contribution in [0.2, 0.25) is 0 Å². The molecule has 0 saturated heterocycles. The predicted octanol–water partition coefficient (Wildman–Crippen LogP) is 2.62. The summed E-state index contributed by atoms with van der Waals surface area (Å²) in [5, 5.41) is 0. The molecule has 1 fully saturated rings. The van der Waals surface area contributed by atoms with E-state index >= 15 is 0 Å². The van der Waals surface area contributed by atoms with Gasteiger partial charge in [-0.25, -0.2) is 0 Å². The molecule has 4 nitrogen and oxygen atoms in total. The van der Waals surface area contributed by atoms with Gasteiger partial charge in [0, 0.05) is 22.6 Å². The van der Waals surface area contributed by atoms with Gasteiger partial charge >= 0.3 is 5.97 Å². The number of nitrogens with zero attached hydrogens (tertiary/aromatic N) is 1. The van der Waals surface area contributed by atoms with Crippen LogP contribution in [0.5, 0.6) is 0 Å². The molecule has 0 bridgehead atoms. The van der Waals surface area contributed by atoms with Crippen LogP contribution in [0, 0.1) is 0 Å². The Balaban J connectivity index is 2.06. The van der Waals surface area contributed by atoms with E-state index in [2.05, 4.69) is 20.7 Å². The van der Waals surface area contributed by atoms with E-state index in [1.807, 2.05) is 12.1 Å². The van der Waals surface area contributed by atoms with Gasteiger partial charge in [0.25, 0.3) is 5.91 Å². The van der Waals surface area contributed by atoms with Crippen molar-refractivity contribution in [2.24, 2.45) is 0 Å². The van der Waals surface area contributed by atoms with Gasteiger partial charge in [-0.05, 0) is 31.0 Å². The number of amides is 1. The van der Waals surface area contributed by atoms with Crippen molar-refractivity contribution >= 4 is 27.8 Å². The second-order valence-electron chi connectivity index (χ2n) is 4.57. The maximum Gasteiger partial charge on any atom is 0.307 e. The van der Waals surface area contributed by atoms with Crippen LogP contribution in [0.15, 0.2) is 28.7 Å². The van der Waals surface area contributed by atoms with Gasteiger partial charge in [-0.1, -0.05) is 22.0 Å². The second kappa shape index (κ2) is 6.19. The zero-order valence-electron chi connectivity index (χ0n) is 10.8. The molecule has 0 aromatic heterocycles. The van der Waals surface area contributed by atoms with Crippen LogP contribution in [0.3, 0.4) is 0 Å². The lowest BCUT2D eigenvalue weighted by Crippen LogP contribution is -2.35. The van der Waals surface area contributed by atoms with Crippen molar-refractivity contribution in [2.75, 3.05) is 13.7 Å². The monoisotopic (exact) mass is 325 g/mol. The molecule has 1 amide bonds. The SMILES string of the molecule is COC(=O)CCN(C(=O)c1cccc(Br)c1)C1CC1. The summed E-state index contributed by atoms with van der Waals surface area (Å²) in [6.45, 7) is 0.419. The lowest BCUT2D eigenvalue weighted by molar-refractivity contribution is -0.140. The summed E-state index contributed by atoms with van der Waals surface area (Å²) < 4.78 is 5.50. The van der Waals surface area contributed by atoms with Gasteiger partial charge in [-0.15, -0.1) is 0 Å². The third kappa shape index (κ3) is 3.80. The van der Waals surface area contributed by atoms with Gasteiger partial charge in [0.2, 0.25) is 0 Å². The van der Waals surface area contributed by atoms with Gasteiger partial charge in [-0.3, -0.25) is 9.59 Å². The van der Waals surface area contributed by atoms with Crippen LogP contribution in [-0.2, 0) is 9.53 Å². The Bertz CT molecular complexity index is 485. The Kier molecular flexibility index (Phi) is 4.58. The first-order valence-electron chi connectivity index (χ1n) is 6.25. The van der Waals surface area contributed by atoms with E-state index in [0.717, 1.165) is 17.3 Å². The lowest BCUT2D eigenvalue weighted by atomic mass is 10.2. The van der Waals surface area contributed by atoms with Gasteiger partial charge in [0.05, 0.1) is 13.5 Å². The number of hydrogen-bond donors (Lipinski definition) is 0. The summed E-state index contributed by atoms with van der Waals surface area (Å²) >= 11 is 3.36. The van der Waals surface area contributed by atoms with E-state index in [0.29, 0.717) is 12.1 Å². The second-order valence-corrected chi connectivity index (χ2v) is 5.48. The minimum Gasteiger partial charge on any atom is -0.469 e. The van der Waals surface area contributed by atoms with Crippen molar-refractivity contribution in [1.82, 2.24) is 4.90 Å². The first kappa shape index (κ1) is 14.1. The molecule has 0 spiro atoms. The average molecular weight is 326 g/mol. The first-order valence-corrected chi connectivity index (χ1v) is 7.04. The molecule has 102 valence electrons. The topological polar surface area (TPSA) is 46.6 Å². The molecule has 0 atom stereocenters. The molecule has 0 aliphatic heterocycles. The van der Waals surface area contributed by atoms with E-state index in [4.69, 9.17) is 0 Å². The summed E-state index contributed by atoms with van der Waals surface area (Å²) in [5.41, 5.74) is 0.645. The Morgan fingerprint density at radius 2 is 2.16 bits per heavy atom. The third-order valence-corrected chi connectivity index (χ3v) is 3.60. The molecule has 0 radical (unpaired) electrons. The molecule has 5 heteroatoms. The number of halogens is 1. The van der Waals surface area contributed by atoms with Crippen molar-refractivity contribution < 1.29 is 14.3 Å². The van der Waals surface area contributed by atoms with E-state index < -0.39 is 0 Å². The fourth-order valence-electron chi connectivity index (χ4n) is 1.94. The summed E-state index contributed by atoms with van der Waals surface area (Å²) in [5.74, 6) is -0.305. The van der Waals surface area contributed by atoms with Crippen LogP contribution in [0.25, 0.3) is 0 Å². The van der Waals surface area contributed by atoms with Crippen LogP contribution < -0.4 is 0 Å². The van der Waals surface area contributed by atoms with Crippen LogP contribution in [0.4, 0.5) is 0 Å². The molecule has 2 rings (SSSR count). The number of esters is 1. The maximum atomic E-state index is 12.4. The minimum absolute atomic E-state index is 0.0206. The number of hydrogen-bond acceptors (Lipinski definition) is 3. The number of carbonyl (C=O) groups is 2. The largest absolute Gasteiger partial charge is 0.469 e. The summed E-state index contributed by atoms with van der Waals surface area (Å²) in [4.78, 5) is 25.4. The van der Waals surface area contributed by atoms with Gasteiger partial charge in [0.1, 0.15) is 0 Å². The summed E-state index contributed by atoms with van der Waals surface area (Å²) in [6, 6.07) is 7.59. The quantitative estimate of drug-likeness (QED) is 0.782. The third-order valence-electron chi connectivity index (χ3n) is 3.10. The van der Waals surface area contributed by atoms with Crippen molar-refractivity contribution in [2.45, 2.75) is 25.3 Å². The lowest BCUT2D eigenvalue weighted by Gasteiger charge is -2.22. The Hall–Kier alpha value is -1.36. The fourth-order valence-corrected chi connectivity index (χ4v) is 2.34. The molecular weight excluding hydrogens is 310 g/mol. The maximum absolute atomic E-state index is 12.4. The van der Waals surface area contributed by atoms with Crippen molar-refractivity contribution in [3.63, 3.8) is 0 Å². The van der Waals surface area contributed by atoms with Crippen LogP contribution >= 0.6 is 15.9 Å². The van der Waals surface area contributed by atoms with Crippen molar-refractivity contribution in [3.8, 4) is 0 Å². The van der Waals surface area contributed by atoms with Crippen molar-refractivity contribution in [3.05, 3.63) is 34.3 Å². The number of carbonyl (C=O) groups excluding carboxylic acids is 2. The fraction of sp³-hybridized carbons (Fsp3) is 0.429. The number of methoxy groups -OCH3 is 1. The highest BCUT2D eigenvalue weighted by Gasteiger charge is 2.33. The standard InChI is InChI=1S/C14H16BrNO3/c1-19-13(17)7-8-16(12-5-6-12)14(18)10-3-2-4-11(15)9-10/h2-4,9,12H,5-8H2,1H3. The first-order chi connectivity index (χ1) is 9.11. The molecule has 1 aliphatic carbocycles. The normalized spacial score (nSPS) is 14.0. The highest BCUT2D eigenvalue weighted by atomic mass is 79.9. The predicted molar refractivity (Wildman–Crippen MR) is 74.8 cm³/mol. The van der Waals surface area contributed by atoms with E-state index in [1.165, 1.54) is 7.11 Å². The molecule has 0 unspecified atom stereocenters. The van der Waals surface area contributed by atoms with E-state index in [1.54, 1.807) is 17.0 Å². The summed E-state index contributed by atoms with van der Waals surface area (Å²) in [7, 11) is 1.36. The van der Waals surface area contributed by atoms with Gasteiger partial charge in [0.15, 0.2) is 0 Å². The van der Waals surface area contributed by atoms with Gasteiger partial charge in [-0.2, -0.15) is 0 Å². The number of ether oxygens (including phenoxy) is 1. The molecule has 1 aromatic rings. The van der Waals surface area contributed by atoms with Crippen LogP contribution in [-0.4, -0.2) is 36.5 Å². The number of rotatable bonds is 5. The Labute approximate surface area is 120 Å². The molecule has 19 heavy (non-hydrogen) atoms. The highest BCUT2D eigenvalue weighted by molar-refractivity contribution is 9.10. The molecule has 1 aliphatic rings. The van der Waals surface area contributed by atoms with E-state index in [9.17, 15) is 9.59 Å². The van der Waals surface area contributed by atoms with E-state index in [-0.39, 0.29) is 24.3 Å². The summed E-state index contributed by atoms with van der Waals surface area (Å²) in [6.07, 6.45) is 2.27. The Morgan fingerprint density at radius 3 is 2.74 bits per heavy atom. The zero-order chi connectivity index (χ0) is 13.8. The molecule has 0 N–H and O–H groups in total. The molecule has 0 heterocycles. The molecule has 1 aromatic carbocycles. The highest BCUT2D eigenvalue weighted by Crippen LogP contribution is 2.28. The van der Waals surface area contributed by atoms with Crippen LogP contribution in [0.1, 0.15) is 29.6 Å². The van der Waals surface area contributed by atoms with Gasteiger partial charge < -0.3 is 9.64 Å². The molecule has 1 saturated carbocycles. The smallest absolute Gasteiger partial charge is 0.307 e. The number of benzene rings is 1. The Morgan fingerprint density at radius 1 is 1.42 bits per heavy atom. The average Bonchev–Trinajstić information content (AvgIpc) is 3.23.